The summed E-state index contributed by atoms with van der Waals surface area (Å²) < 4.78 is 0.918. The maximum atomic E-state index is 4.46. The van der Waals surface area contributed by atoms with Gasteiger partial charge in [-0.15, -0.1) is 0 Å². The highest BCUT2D eigenvalue weighted by molar-refractivity contribution is 9.10. The average molecular weight is 242 g/mol. The minimum atomic E-state index is 0.272. The third kappa shape index (κ3) is 2.80. The van der Waals surface area contributed by atoms with Crippen LogP contribution in [0.4, 0.5) is 0 Å². The minimum absolute atomic E-state index is 0.272. The van der Waals surface area contributed by atoms with Crippen molar-refractivity contribution in [3.8, 4) is 0 Å². The molecule has 0 radical (unpaired) electrons. The number of nitrogens with zero attached hydrogens (tertiary/aromatic N) is 1. The van der Waals surface area contributed by atoms with Crippen LogP contribution in [0.25, 0.3) is 0 Å². The fraction of sp³-hybridized carbons (Fsp3) is 0.545. The number of pyridine rings is 1. The van der Waals surface area contributed by atoms with Crippen LogP contribution in [0.1, 0.15) is 39.3 Å². The molecule has 0 aliphatic heterocycles. The van der Waals surface area contributed by atoms with Gasteiger partial charge in [-0.2, -0.15) is 0 Å². The number of hydrogen-bond donors (Lipinski definition) is 0. The molecule has 1 nitrogen and oxygen atoms in total. The third-order valence-corrected chi connectivity index (χ3v) is 2.92. The Morgan fingerprint density at radius 3 is 2.38 bits per heavy atom. The number of rotatable bonds is 1. The molecule has 2 heteroatoms. The van der Waals surface area contributed by atoms with Gasteiger partial charge in [0, 0.05) is 11.6 Å². The molecule has 1 rings (SSSR count). The quantitative estimate of drug-likeness (QED) is 0.678. The lowest BCUT2D eigenvalue weighted by Crippen LogP contribution is -2.16. The molecule has 0 aromatic carbocycles. The monoisotopic (exact) mass is 241 g/mol. The highest BCUT2D eigenvalue weighted by Gasteiger charge is 2.22. The van der Waals surface area contributed by atoms with Crippen LogP contribution in [0.15, 0.2) is 22.8 Å². The van der Waals surface area contributed by atoms with Crippen molar-refractivity contribution in [2.75, 3.05) is 0 Å². The molecular weight excluding hydrogens is 226 g/mol. The molecule has 1 heterocycles. The Hall–Kier alpha value is -0.370. The molecule has 0 aliphatic rings. The predicted molar refractivity (Wildman–Crippen MR) is 59.8 cm³/mol. The van der Waals surface area contributed by atoms with Crippen molar-refractivity contribution < 1.29 is 0 Å². The average Bonchev–Trinajstić information content (AvgIpc) is 2.01. The van der Waals surface area contributed by atoms with Gasteiger partial charge in [0.25, 0.3) is 0 Å². The van der Waals surface area contributed by atoms with E-state index in [2.05, 4.69) is 54.7 Å². The molecule has 0 bridgehead atoms. The van der Waals surface area contributed by atoms with Crippen LogP contribution in [0, 0.1) is 5.41 Å². The van der Waals surface area contributed by atoms with Crippen molar-refractivity contribution >= 4 is 15.9 Å². The van der Waals surface area contributed by atoms with Gasteiger partial charge in [0.15, 0.2) is 0 Å². The zero-order valence-electron chi connectivity index (χ0n) is 8.63. The fourth-order valence-corrected chi connectivity index (χ4v) is 1.47. The normalized spacial score (nSPS) is 14.2. The molecule has 0 N–H and O–H groups in total. The van der Waals surface area contributed by atoms with E-state index < -0.39 is 0 Å². The molecule has 0 aliphatic carbocycles. The topological polar surface area (TPSA) is 12.9 Å². The summed E-state index contributed by atoms with van der Waals surface area (Å²) in [5.41, 5.74) is 1.43. The lowest BCUT2D eigenvalue weighted by Gasteiger charge is -2.26. The van der Waals surface area contributed by atoms with Crippen molar-refractivity contribution in [1.82, 2.24) is 4.98 Å². The molecule has 13 heavy (non-hydrogen) atoms. The molecule has 0 saturated carbocycles. The fourth-order valence-electron chi connectivity index (χ4n) is 1.11. The SMILES string of the molecule is CC(c1cccc(Br)n1)C(C)(C)C. The minimum Gasteiger partial charge on any atom is -0.246 e. The molecule has 0 spiro atoms. The number of halogens is 1. The Morgan fingerprint density at radius 1 is 1.31 bits per heavy atom. The highest BCUT2D eigenvalue weighted by atomic mass is 79.9. The van der Waals surface area contributed by atoms with Crippen molar-refractivity contribution in [3.05, 3.63) is 28.5 Å². The standard InChI is InChI=1S/C11H16BrN/c1-8(11(2,3)4)9-6-5-7-10(12)13-9/h5-8H,1-4H3. The summed E-state index contributed by atoms with van der Waals surface area (Å²) >= 11 is 3.39. The maximum Gasteiger partial charge on any atom is 0.106 e. The number of hydrogen-bond acceptors (Lipinski definition) is 1. The molecule has 1 aromatic heterocycles. The Labute approximate surface area is 88.7 Å². The van der Waals surface area contributed by atoms with Crippen LogP contribution >= 0.6 is 15.9 Å². The first-order valence-corrected chi connectivity index (χ1v) is 5.33. The summed E-state index contributed by atoms with van der Waals surface area (Å²) in [5.74, 6) is 0.477. The molecular formula is C11H16BrN. The molecule has 0 fully saturated rings. The van der Waals surface area contributed by atoms with E-state index in [0.717, 1.165) is 10.3 Å². The van der Waals surface area contributed by atoms with Gasteiger partial charge in [-0.1, -0.05) is 33.8 Å². The number of aromatic nitrogens is 1. The van der Waals surface area contributed by atoms with E-state index in [1.165, 1.54) is 0 Å². The highest BCUT2D eigenvalue weighted by Crippen LogP contribution is 2.33. The van der Waals surface area contributed by atoms with E-state index >= 15 is 0 Å². The summed E-state index contributed by atoms with van der Waals surface area (Å²) in [4.78, 5) is 4.46. The second-order valence-corrected chi connectivity index (χ2v) is 5.29. The summed E-state index contributed by atoms with van der Waals surface area (Å²) in [7, 11) is 0. The largest absolute Gasteiger partial charge is 0.246 e. The third-order valence-electron chi connectivity index (χ3n) is 2.48. The lowest BCUT2D eigenvalue weighted by atomic mass is 9.80. The smallest absolute Gasteiger partial charge is 0.106 e. The predicted octanol–water partition coefficient (Wildman–Crippen LogP) is 3.99. The molecule has 1 aromatic rings. The van der Waals surface area contributed by atoms with E-state index in [-0.39, 0.29) is 5.41 Å². The van der Waals surface area contributed by atoms with Crippen LogP contribution in [0.5, 0.6) is 0 Å². The first-order valence-electron chi connectivity index (χ1n) is 4.53. The van der Waals surface area contributed by atoms with E-state index in [0.29, 0.717) is 5.92 Å². The summed E-state index contributed by atoms with van der Waals surface area (Å²) in [6.45, 7) is 8.93. The van der Waals surface area contributed by atoms with Gasteiger partial charge in [0.2, 0.25) is 0 Å². The van der Waals surface area contributed by atoms with E-state index in [9.17, 15) is 0 Å². The van der Waals surface area contributed by atoms with Gasteiger partial charge in [-0.3, -0.25) is 0 Å². The van der Waals surface area contributed by atoms with Gasteiger partial charge in [-0.05, 0) is 33.5 Å². The second kappa shape index (κ2) is 3.79. The van der Waals surface area contributed by atoms with Gasteiger partial charge in [0.05, 0.1) is 0 Å². The second-order valence-electron chi connectivity index (χ2n) is 4.47. The molecule has 72 valence electrons. The first-order chi connectivity index (χ1) is 5.91. The van der Waals surface area contributed by atoms with Crippen LogP contribution < -0.4 is 0 Å². The zero-order chi connectivity index (χ0) is 10.1. The Morgan fingerprint density at radius 2 is 1.92 bits per heavy atom. The lowest BCUT2D eigenvalue weighted by molar-refractivity contribution is 0.334. The van der Waals surface area contributed by atoms with E-state index in [4.69, 9.17) is 0 Å². The first kappa shape index (κ1) is 10.7. The van der Waals surface area contributed by atoms with Gasteiger partial charge < -0.3 is 0 Å². The molecule has 1 unspecified atom stereocenters. The van der Waals surface area contributed by atoms with Crippen LogP contribution in [0.3, 0.4) is 0 Å². The van der Waals surface area contributed by atoms with E-state index in [1.807, 2.05) is 12.1 Å². The molecule has 0 amide bonds. The Bertz CT molecular complexity index is 288. The van der Waals surface area contributed by atoms with Crippen LogP contribution in [-0.2, 0) is 0 Å². The van der Waals surface area contributed by atoms with Crippen molar-refractivity contribution in [3.63, 3.8) is 0 Å². The van der Waals surface area contributed by atoms with Crippen molar-refractivity contribution in [2.45, 2.75) is 33.6 Å². The summed E-state index contributed by atoms with van der Waals surface area (Å²) in [6.07, 6.45) is 0. The summed E-state index contributed by atoms with van der Waals surface area (Å²) in [5, 5.41) is 0. The van der Waals surface area contributed by atoms with Crippen molar-refractivity contribution in [1.29, 1.82) is 0 Å². The zero-order valence-corrected chi connectivity index (χ0v) is 10.2. The molecule has 0 saturated heterocycles. The van der Waals surface area contributed by atoms with Gasteiger partial charge in [-0.25, -0.2) is 4.98 Å². The Balaban J connectivity index is 2.96. The van der Waals surface area contributed by atoms with E-state index in [1.54, 1.807) is 0 Å². The van der Waals surface area contributed by atoms with Crippen LogP contribution in [-0.4, -0.2) is 4.98 Å². The van der Waals surface area contributed by atoms with Crippen LogP contribution in [0.2, 0.25) is 0 Å². The Kier molecular flexibility index (Phi) is 3.12. The van der Waals surface area contributed by atoms with Gasteiger partial charge >= 0.3 is 0 Å². The van der Waals surface area contributed by atoms with Crippen molar-refractivity contribution in [2.24, 2.45) is 5.41 Å². The molecule has 1 atom stereocenters. The maximum absolute atomic E-state index is 4.46. The summed E-state index contributed by atoms with van der Waals surface area (Å²) in [6, 6.07) is 6.08. The van der Waals surface area contributed by atoms with Gasteiger partial charge in [0.1, 0.15) is 4.60 Å².